The number of aliphatic hydroxyl groups excluding tert-OH is 2. The van der Waals surface area contributed by atoms with Crippen molar-refractivity contribution in [1.82, 2.24) is 0 Å². The van der Waals surface area contributed by atoms with Crippen LogP contribution in [0.25, 0.3) is 0 Å². The molecule has 1 aliphatic carbocycles. The fourth-order valence-electron chi connectivity index (χ4n) is 2.92. The molecule has 2 bridgehead atoms. The number of aliphatic hydroxyl groups is 2. The molecule has 0 saturated carbocycles. The molecule has 0 radical (unpaired) electrons. The van der Waals surface area contributed by atoms with Crippen LogP contribution in [0.15, 0.2) is 35.5 Å². The van der Waals surface area contributed by atoms with Crippen molar-refractivity contribution in [3.05, 3.63) is 35.5 Å². The van der Waals surface area contributed by atoms with Gasteiger partial charge in [-0.1, -0.05) is 6.58 Å². The SMILES string of the molecule is C=C1C(=O)O[C@H]2/C=C(/C)[C@@H](O)C[C@H](O)C3=C[C@@H](OC3=O)[C@H]12. The second-order valence-electron chi connectivity index (χ2n) is 5.59. The number of rotatable bonds is 0. The average Bonchev–Trinajstić information content (AvgIpc) is 2.90. The third kappa shape index (κ3) is 2.20. The summed E-state index contributed by atoms with van der Waals surface area (Å²) in [5, 5.41) is 20.1. The summed E-state index contributed by atoms with van der Waals surface area (Å²) >= 11 is 0. The molecule has 0 unspecified atom stereocenters. The van der Waals surface area contributed by atoms with Crippen LogP contribution in [0.3, 0.4) is 0 Å². The summed E-state index contributed by atoms with van der Waals surface area (Å²) in [7, 11) is 0. The largest absolute Gasteiger partial charge is 0.454 e. The summed E-state index contributed by atoms with van der Waals surface area (Å²) in [4.78, 5) is 23.6. The van der Waals surface area contributed by atoms with Crippen LogP contribution in [-0.2, 0) is 19.1 Å². The molecule has 0 amide bonds. The third-order valence-corrected chi connectivity index (χ3v) is 4.20. The van der Waals surface area contributed by atoms with Crippen molar-refractivity contribution >= 4 is 11.9 Å². The van der Waals surface area contributed by atoms with Crippen LogP contribution < -0.4 is 0 Å². The maximum atomic E-state index is 11.9. The second-order valence-corrected chi connectivity index (χ2v) is 5.59. The zero-order chi connectivity index (χ0) is 15.3. The summed E-state index contributed by atoms with van der Waals surface area (Å²) < 4.78 is 10.5. The second kappa shape index (κ2) is 4.82. The van der Waals surface area contributed by atoms with Crippen LogP contribution in [0.1, 0.15) is 13.3 Å². The molecule has 21 heavy (non-hydrogen) atoms. The van der Waals surface area contributed by atoms with E-state index in [4.69, 9.17) is 9.47 Å². The van der Waals surface area contributed by atoms with Crippen molar-refractivity contribution in [3.63, 3.8) is 0 Å². The van der Waals surface area contributed by atoms with Gasteiger partial charge in [0.05, 0.1) is 23.7 Å². The van der Waals surface area contributed by atoms with Gasteiger partial charge in [0.2, 0.25) is 0 Å². The van der Waals surface area contributed by atoms with Gasteiger partial charge in [-0.3, -0.25) is 0 Å². The molecule has 2 N–H and O–H groups in total. The molecule has 6 nitrogen and oxygen atoms in total. The first-order valence-electron chi connectivity index (χ1n) is 6.75. The van der Waals surface area contributed by atoms with E-state index in [0.29, 0.717) is 5.57 Å². The van der Waals surface area contributed by atoms with Gasteiger partial charge in [-0.25, -0.2) is 9.59 Å². The normalized spacial score (nSPS) is 41.7. The number of hydrogen-bond donors (Lipinski definition) is 2. The highest BCUT2D eigenvalue weighted by molar-refractivity contribution is 5.94. The Morgan fingerprint density at radius 2 is 1.71 bits per heavy atom. The Bertz CT molecular complexity index is 587. The van der Waals surface area contributed by atoms with Crippen LogP contribution in [0.2, 0.25) is 0 Å². The lowest BCUT2D eigenvalue weighted by molar-refractivity contribution is -0.142. The quantitative estimate of drug-likeness (QED) is 0.371. The molecular weight excluding hydrogens is 276 g/mol. The van der Waals surface area contributed by atoms with E-state index in [0.717, 1.165) is 0 Å². The van der Waals surface area contributed by atoms with Crippen molar-refractivity contribution in [2.75, 3.05) is 0 Å². The number of hydrogen-bond acceptors (Lipinski definition) is 6. The highest BCUT2D eigenvalue weighted by atomic mass is 16.6. The smallest absolute Gasteiger partial charge is 0.337 e. The summed E-state index contributed by atoms with van der Waals surface area (Å²) in [5.41, 5.74) is 0.907. The fraction of sp³-hybridized carbons (Fsp3) is 0.467. The maximum absolute atomic E-state index is 11.9. The summed E-state index contributed by atoms with van der Waals surface area (Å²) in [6.07, 6.45) is -0.249. The first-order chi connectivity index (χ1) is 9.88. The minimum Gasteiger partial charge on any atom is -0.454 e. The summed E-state index contributed by atoms with van der Waals surface area (Å²) in [5.74, 6) is -1.71. The predicted molar refractivity (Wildman–Crippen MR) is 70.9 cm³/mol. The Morgan fingerprint density at radius 1 is 1.10 bits per heavy atom. The molecule has 1 fully saturated rings. The Kier molecular flexibility index (Phi) is 3.22. The minimum absolute atomic E-state index is 0.0116. The van der Waals surface area contributed by atoms with E-state index in [9.17, 15) is 19.8 Å². The molecule has 0 spiro atoms. The molecule has 2 heterocycles. The third-order valence-electron chi connectivity index (χ3n) is 4.20. The fourth-order valence-corrected chi connectivity index (χ4v) is 2.92. The van der Waals surface area contributed by atoms with Crippen LogP contribution in [0.5, 0.6) is 0 Å². The van der Waals surface area contributed by atoms with Crippen molar-refractivity contribution in [2.45, 2.75) is 37.8 Å². The lowest BCUT2D eigenvalue weighted by Crippen LogP contribution is -2.29. The monoisotopic (exact) mass is 292 g/mol. The molecule has 2 aliphatic heterocycles. The van der Waals surface area contributed by atoms with Gasteiger partial charge < -0.3 is 19.7 Å². The Morgan fingerprint density at radius 3 is 2.43 bits per heavy atom. The van der Waals surface area contributed by atoms with E-state index in [2.05, 4.69) is 6.58 Å². The van der Waals surface area contributed by atoms with Gasteiger partial charge in [-0.15, -0.1) is 0 Å². The number of esters is 2. The summed E-state index contributed by atoms with van der Waals surface area (Å²) in [6, 6.07) is 0. The van der Waals surface area contributed by atoms with Crippen LogP contribution in [0.4, 0.5) is 0 Å². The number of fused-ring (bicyclic) bond motifs is 3. The van der Waals surface area contributed by atoms with Gasteiger partial charge in [0.25, 0.3) is 0 Å². The molecule has 112 valence electrons. The van der Waals surface area contributed by atoms with Crippen molar-refractivity contribution in [2.24, 2.45) is 5.92 Å². The molecule has 0 aromatic carbocycles. The zero-order valence-electron chi connectivity index (χ0n) is 11.5. The maximum Gasteiger partial charge on any atom is 0.337 e. The zero-order valence-corrected chi connectivity index (χ0v) is 11.5. The number of carbonyl (C=O) groups is 2. The number of carbonyl (C=O) groups excluding carboxylic acids is 2. The van der Waals surface area contributed by atoms with Crippen molar-refractivity contribution < 1.29 is 29.3 Å². The van der Waals surface area contributed by atoms with Gasteiger partial charge in [-0.05, 0) is 24.6 Å². The Labute approximate surface area is 121 Å². The van der Waals surface area contributed by atoms with Gasteiger partial charge in [0, 0.05) is 12.0 Å². The van der Waals surface area contributed by atoms with E-state index in [1.165, 1.54) is 6.08 Å². The lowest BCUT2D eigenvalue weighted by atomic mass is 9.87. The van der Waals surface area contributed by atoms with Crippen molar-refractivity contribution in [1.29, 1.82) is 0 Å². The molecule has 3 rings (SSSR count). The minimum atomic E-state index is -1.11. The predicted octanol–water partition coefficient (Wildman–Crippen LogP) is 0.00780. The van der Waals surface area contributed by atoms with Gasteiger partial charge in [0.15, 0.2) is 0 Å². The highest BCUT2D eigenvalue weighted by Gasteiger charge is 2.47. The first kappa shape index (κ1) is 14.0. The van der Waals surface area contributed by atoms with Crippen LogP contribution in [-0.4, -0.2) is 46.6 Å². The molecule has 0 aromatic rings. The first-order valence-corrected chi connectivity index (χ1v) is 6.75. The van der Waals surface area contributed by atoms with Crippen LogP contribution >= 0.6 is 0 Å². The van der Waals surface area contributed by atoms with Gasteiger partial charge in [-0.2, -0.15) is 0 Å². The Hall–Kier alpha value is -1.92. The van der Waals surface area contributed by atoms with Crippen LogP contribution in [0, 0.1) is 5.92 Å². The van der Waals surface area contributed by atoms with E-state index in [-0.39, 0.29) is 17.6 Å². The van der Waals surface area contributed by atoms with E-state index < -0.39 is 42.3 Å². The van der Waals surface area contributed by atoms with Crippen molar-refractivity contribution in [3.8, 4) is 0 Å². The van der Waals surface area contributed by atoms with E-state index in [1.54, 1.807) is 13.0 Å². The number of ether oxygens (including phenoxy) is 2. The van der Waals surface area contributed by atoms with E-state index >= 15 is 0 Å². The highest BCUT2D eigenvalue weighted by Crippen LogP contribution is 2.37. The molecule has 1 saturated heterocycles. The summed E-state index contributed by atoms with van der Waals surface area (Å²) in [6.45, 7) is 5.39. The Balaban J connectivity index is 2.06. The van der Waals surface area contributed by atoms with Gasteiger partial charge >= 0.3 is 11.9 Å². The van der Waals surface area contributed by atoms with Gasteiger partial charge in [0.1, 0.15) is 12.2 Å². The topological polar surface area (TPSA) is 93.1 Å². The molecule has 5 atom stereocenters. The van der Waals surface area contributed by atoms with E-state index in [1.807, 2.05) is 0 Å². The molecular formula is C15H16O6. The molecule has 3 aliphatic rings. The lowest BCUT2D eigenvalue weighted by Gasteiger charge is -2.22. The standard InChI is InChI=1S/C15H16O6/c1-6-3-11-13(7(2)14(18)20-11)12-4-8(15(19)21-12)10(17)5-9(6)16/h3-4,9-13,16-17H,2,5H2,1H3/b6-3-/t9-,10-,11-,12+,13+/m0/s1. The molecule has 6 heteroatoms. The molecule has 0 aromatic heterocycles. The average molecular weight is 292 g/mol.